The second kappa shape index (κ2) is 8.19. The topological polar surface area (TPSA) is 102 Å². The lowest BCUT2D eigenvalue weighted by molar-refractivity contribution is -0.122. The van der Waals surface area contributed by atoms with Crippen molar-refractivity contribution >= 4 is 28.9 Å². The van der Waals surface area contributed by atoms with E-state index in [2.05, 4.69) is 36.5 Å². The third kappa shape index (κ3) is 4.15. The van der Waals surface area contributed by atoms with Gasteiger partial charge < -0.3 is 16.4 Å². The summed E-state index contributed by atoms with van der Waals surface area (Å²) in [4.78, 5) is 24.9. The summed E-state index contributed by atoms with van der Waals surface area (Å²) in [5.41, 5.74) is 7.71. The zero-order valence-electron chi connectivity index (χ0n) is 18.2. The molecule has 1 amide bonds. The van der Waals surface area contributed by atoms with Crippen molar-refractivity contribution in [3.05, 3.63) is 51.4 Å². The highest BCUT2D eigenvalue weighted by atomic mass is 35.5. The predicted octanol–water partition coefficient (Wildman–Crippen LogP) is 3.28. The van der Waals surface area contributed by atoms with Crippen molar-refractivity contribution in [2.75, 3.05) is 11.1 Å². The summed E-state index contributed by atoms with van der Waals surface area (Å²) in [6, 6.07) is 7.51. The standard InChI is InChI=1S/C23H30ClN5O2/c1-13-17-8-15(23(17,2)3)9-18(13)28-19-11-27-29(22(31)21(19)24)12-20(30)26-10-14-4-6-16(25)7-5-14/h4-7,11,13,15,17-18,28H,8-10,12,25H2,1-3H3,(H,26,30)/t13-,15-,17+,18-/m1/s1. The first-order chi connectivity index (χ1) is 14.7. The van der Waals surface area contributed by atoms with Gasteiger partial charge in [-0.15, -0.1) is 0 Å². The molecule has 5 rings (SSSR count). The highest BCUT2D eigenvalue weighted by Crippen LogP contribution is 2.61. The molecular weight excluding hydrogens is 414 g/mol. The number of nitrogens with two attached hydrogens (primary N) is 1. The number of hydrogen-bond donors (Lipinski definition) is 3. The summed E-state index contributed by atoms with van der Waals surface area (Å²) >= 11 is 6.36. The number of carbonyl (C=O) groups is 1. The number of nitrogen functional groups attached to an aromatic ring is 1. The molecule has 8 heteroatoms. The second-order valence-electron chi connectivity index (χ2n) is 9.56. The molecule has 1 aromatic heterocycles. The van der Waals surface area contributed by atoms with E-state index in [1.54, 1.807) is 18.3 Å². The Balaban J connectivity index is 1.38. The largest absolute Gasteiger partial charge is 0.399 e. The number of hydrogen-bond acceptors (Lipinski definition) is 5. The van der Waals surface area contributed by atoms with Gasteiger partial charge in [0.1, 0.15) is 11.6 Å². The molecule has 0 unspecified atom stereocenters. The lowest BCUT2D eigenvalue weighted by Crippen LogP contribution is -2.58. The molecule has 31 heavy (non-hydrogen) atoms. The monoisotopic (exact) mass is 443 g/mol. The van der Waals surface area contributed by atoms with Gasteiger partial charge in [0.25, 0.3) is 5.56 Å². The molecule has 0 spiro atoms. The van der Waals surface area contributed by atoms with Gasteiger partial charge in [0.2, 0.25) is 5.91 Å². The third-order valence-corrected chi connectivity index (χ3v) is 7.81. The SMILES string of the molecule is C[C@H]1[C@H](Nc2cnn(CC(=O)NCc3ccc(N)cc3)c(=O)c2Cl)C[C@H]2C[C@@H]1C2(C)C. The van der Waals surface area contributed by atoms with Gasteiger partial charge in [-0.3, -0.25) is 9.59 Å². The van der Waals surface area contributed by atoms with Crippen LogP contribution in [0.25, 0.3) is 0 Å². The maximum absolute atomic E-state index is 12.7. The van der Waals surface area contributed by atoms with E-state index in [4.69, 9.17) is 17.3 Å². The summed E-state index contributed by atoms with van der Waals surface area (Å²) in [6.45, 7) is 7.14. The molecular formula is C23H30ClN5O2. The lowest BCUT2D eigenvalue weighted by atomic mass is 9.45. The van der Waals surface area contributed by atoms with Crippen LogP contribution in [-0.2, 0) is 17.9 Å². The number of amides is 1. The van der Waals surface area contributed by atoms with E-state index in [1.165, 1.54) is 6.42 Å². The molecule has 0 radical (unpaired) electrons. The van der Waals surface area contributed by atoms with E-state index in [-0.39, 0.29) is 23.5 Å². The van der Waals surface area contributed by atoms with Crippen LogP contribution in [0.15, 0.2) is 35.3 Å². The van der Waals surface area contributed by atoms with Crippen LogP contribution in [0.5, 0.6) is 0 Å². The minimum absolute atomic E-state index is 0.0760. The molecule has 4 N–H and O–H groups in total. The molecule has 2 aromatic rings. The number of aromatic nitrogens is 2. The fraction of sp³-hybridized carbons (Fsp3) is 0.522. The number of anilines is 2. The van der Waals surface area contributed by atoms with E-state index in [1.807, 2.05) is 12.1 Å². The van der Waals surface area contributed by atoms with Gasteiger partial charge in [-0.1, -0.05) is 44.5 Å². The maximum atomic E-state index is 12.7. The van der Waals surface area contributed by atoms with Gasteiger partial charge >= 0.3 is 0 Å². The molecule has 3 aliphatic rings. The van der Waals surface area contributed by atoms with E-state index in [0.29, 0.717) is 41.1 Å². The molecule has 7 nitrogen and oxygen atoms in total. The van der Waals surface area contributed by atoms with Crippen molar-refractivity contribution in [3.63, 3.8) is 0 Å². The van der Waals surface area contributed by atoms with Crippen LogP contribution in [0.1, 0.15) is 39.2 Å². The van der Waals surface area contributed by atoms with E-state index in [9.17, 15) is 9.59 Å². The Morgan fingerprint density at radius 1 is 1.29 bits per heavy atom. The third-order valence-electron chi connectivity index (χ3n) is 7.44. The number of halogens is 1. The number of carbonyl (C=O) groups excluding carboxylic acids is 1. The van der Waals surface area contributed by atoms with Crippen LogP contribution in [-0.4, -0.2) is 21.7 Å². The summed E-state index contributed by atoms with van der Waals surface area (Å²) in [7, 11) is 0. The highest BCUT2D eigenvalue weighted by molar-refractivity contribution is 6.32. The number of nitrogens with zero attached hydrogens (tertiary/aromatic N) is 2. The number of fused-ring (bicyclic) bond motifs is 2. The Bertz CT molecular complexity index is 1030. The van der Waals surface area contributed by atoms with E-state index in [0.717, 1.165) is 16.7 Å². The molecule has 3 fully saturated rings. The van der Waals surface area contributed by atoms with Gasteiger partial charge in [-0.25, -0.2) is 4.68 Å². The predicted molar refractivity (Wildman–Crippen MR) is 123 cm³/mol. The van der Waals surface area contributed by atoms with Gasteiger partial charge in [0.15, 0.2) is 0 Å². The first-order valence-corrected chi connectivity index (χ1v) is 11.2. The van der Waals surface area contributed by atoms with Crippen LogP contribution in [0.4, 0.5) is 11.4 Å². The normalized spacial score (nSPS) is 26.1. The van der Waals surface area contributed by atoms with Gasteiger partial charge in [0.05, 0.1) is 11.9 Å². The fourth-order valence-electron chi connectivity index (χ4n) is 5.25. The number of benzene rings is 1. The lowest BCUT2D eigenvalue weighted by Gasteiger charge is -2.62. The first kappa shape index (κ1) is 21.7. The zero-order chi connectivity index (χ0) is 22.3. The average Bonchev–Trinajstić information content (AvgIpc) is 2.74. The average molecular weight is 444 g/mol. The fourth-order valence-corrected chi connectivity index (χ4v) is 5.45. The number of rotatable bonds is 6. The Labute approximate surface area is 187 Å². The minimum atomic E-state index is -0.469. The van der Waals surface area contributed by atoms with Crippen molar-refractivity contribution in [1.82, 2.24) is 15.1 Å². The van der Waals surface area contributed by atoms with Crippen molar-refractivity contribution in [2.45, 2.75) is 52.7 Å². The highest BCUT2D eigenvalue weighted by Gasteiger charge is 2.56. The Morgan fingerprint density at radius 2 is 2.00 bits per heavy atom. The minimum Gasteiger partial charge on any atom is -0.399 e. The Hall–Kier alpha value is -2.54. The summed E-state index contributed by atoms with van der Waals surface area (Å²) in [6.07, 6.45) is 3.90. The van der Waals surface area contributed by atoms with Crippen molar-refractivity contribution in [2.24, 2.45) is 23.2 Å². The molecule has 1 aromatic carbocycles. The van der Waals surface area contributed by atoms with Crippen LogP contribution < -0.4 is 21.9 Å². The first-order valence-electron chi connectivity index (χ1n) is 10.8. The molecule has 3 saturated carbocycles. The van der Waals surface area contributed by atoms with E-state index < -0.39 is 5.56 Å². The van der Waals surface area contributed by atoms with Crippen LogP contribution >= 0.6 is 11.6 Å². The van der Waals surface area contributed by atoms with Crippen molar-refractivity contribution in [3.8, 4) is 0 Å². The summed E-state index contributed by atoms with van der Waals surface area (Å²) < 4.78 is 1.09. The molecule has 1 heterocycles. The Kier molecular flexibility index (Phi) is 5.73. The number of nitrogens with one attached hydrogen (secondary N) is 2. The molecule has 2 bridgehead atoms. The molecule has 0 saturated heterocycles. The van der Waals surface area contributed by atoms with Gasteiger partial charge in [0, 0.05) is 18.3 Å². The zero-order valence-corrected chi connectivity index (χ0v) is 18.9. The summed E-state index contributed by atoms with van der Waals surface area (Å²) in [5.74, 6) is 1.56. The molecule has 166 valence electrons. The van der Waals surface area contributed by atoms with Crippen molar-refractivity contribution < 1.29 is 4.79 Å². The smallest absolute Gasteiger partial charge is 0.288 e. The Morgan fingerprint density at radius 3 is 2.65 bits per heavy atom. The second-order valence-corrected chi connectivity index (χ2v) is 9.94. The summed E-state index contributed by atoms with van der Waals surface area (Å²) in [5, 5.41) is 10.5. The van der Waals surface area contributed by atoms with Crippen LogP contribution in [0.2, 0.25) is 5.02 Å². The van der Waals surface area contributed by atoms with Gasteiger partial charge in [-0.2, -0.15) is 5.10 Å². The molecule has 4 atom stereocenters. The molecule has 0 aliphatic heterocycles. The quantitative estimate of drug-likeness (QED) is 0.594. The molecule has 3 aliphatic carbocycles. The van der Waals surface area contributed by atoms with Crippen LogP contribution in [0.3, 0.4) is 0 Å². The maximum Gasteiger partial charge on any atom is 0.288 e. The van der Waals surface area contributed by atoms with Gasteiger partial charge in [-0.05, 0) is 53.7 Å². The van der Waals surface area contributed by atoms with Crippen molar-refractivity contribution in [1.29, 1.82) is 0 Å². The van der Waals surface area contributed by atoms with E-state index >= 15 is 0 Å². The van der Waals surface area contributed by atoms with Crippen LogP contribution in [0, 0.1) is 23.2 Å².